The minimum absolute atomic E-state index is 0.714. The molecule has 4 heteroatoms. The van der Waals surface area contributed by atoms with E-state index in [0.29, 0.717) is 6.54 Å². The normalized spacial score (nSPS) is 11.7. The highest BCUT2D eigenvalue weighted by atomic mass is 35.5. The molecule has 0 aliphatic carbocycles. The fraction of sp³-hybridized carbons (Fsp3) is 0.105. The number of halogens is 1. The largest absolute Gasteiger partial charge is 0.313 e. The second-order valence-corrected chi connectivity index (χ2v) is 6.48. The van der Waals surface area contributed by atoms with Crippen LogP contribution < -0.4 is 4.80 Å². The van der Waals surface area contributed by atoms with Crippen molar-refractivity contribution in [1.82, 2.24) is 4.57 Å². The zero-order chi connectivity index (χ0) is 16.2. The highest BCUT2D eigenvalue weighted by Crippen LogP contribution is 2.23. The van der Waals surface area contributed by atoms with Crippen LogP contribution in [0.1, 0.15) is 5.56 Å². The first kappa shape index (κ1) is 15.8. The number of hydrogen-bond acceptors (Lipinski definition) is 2. The van der Waals surface area contributed by atoms with Crippen molar-refractivity contribution >= 4 is 28.6 Å². The lowest BCUT2D eigenvalue weighted by molar-refractivity contribution is 0.800. The van der Waals surface area contributed by atoms with E-state index in [1.165, 1.54) is 5.56 Å². The Hall–Kier alpha value is -2.10. The molecule has 0 saturated heterocycles. The van der Waals surface area contributed by atoms with Crippen LogP contribution in [0.25, 0.3) is 11.3 Å². The quantitative estimate of drug-likeness (QED) is 0.550. The molecular weight excluding hydrogens is 324 g/mol. The smallest absolute Gasteiger partial charge is 0.190 e. The summed E-state index contributed by atoms with van der Waals surface area (Å²) in [4.78, 5) is 5.79. The predicted octanol–water partition coefficient (Wildman–Crippen LogP) is 5.60. The summed E-state index contributed by atoms with van der Waals surface area (Å²) in [6, 6.07) is 16.0. The van der Waals surface area contributed by atoms with Crippen molar-refractivity contribution in [3.63, 3.8) is 0 Å². The van der Waals surface area contributed by atoms with Gasteiger partial charge < -0.3 is 4.57 Å². The van der Waals surface area contributed by atoms with E-state index in [-0.39, 0.29) is 0 Å². The van der Waals surface area contributed by atoms with Gasteiger partial charge in [0.05, 0.1) is 11.4 Å². The summed E-state index contributed by atoms with van der Waals surface area (Å²) in [5.74, 6) is 0. The number of allylic oxidation sites excluding steroid dienone is 1. The molecule has 3 rings (SSSR count). The van der Waals surface area contributed by atoms with Gasteiger partial charge in [-0.2, -0.15) is 0 Å². The van der Waals surface area contributed by atoms with Crippen molar-refractivity contribution < 1.29 is 0 Å². The Kier molecular flexibility index (Phi) is 4.79. The minimum atomic E-state index is 0.714. The van der Waals surface area contributed by atoms with Crippen molar-refractivity contribution in [3.05, 3.63) is 82.0 Å². The van der Waals surface area contributed by atoms with E-state index < -0.39 is 0 Å². The molecule has 0 unspecified atom stereocenters. The fourth-order valence-corrected chi connectivity index (χ4v) is 3.43. The number of aromatic nitrogens is 1. The van der Waals surface area contributed by atoms with Gasteiger partial charge in [-0.15, -0.1) is 17.9 Å². The molecule has 1 heterocycles. The van der Waals surface area contributed by atoms with Crippen LogP contribution >= 0.6 is 22.9 Å². The van der Waals surface area contributed by atoms with Gasteiger partial charge in [-0.05, 0) is 36.2 Å². The molecule has 0 spiro atoms. The average Bonchev–Trinajstić information content (AvgIpc) is 2.94. The van der Waals surface area contributed by atoms with Gasteiger partial charge in [0.2, 0.25) is 0 Å². The summed E-state index contributed by atoms with van der Waals surface area (Å²) in [6.45, 7) is 6.66. The first-order chi connectivity index (χ1) is 11.2. The van der Waals surface area contributed by atoms with Crippen LogP contribution in [-0.2, 0) is 6.54 Å². The summed E-state index contributed by atoms with van der Waals surface area (Å²) < 4.78 is 2.17. The SMILES string of the molecule is C=CCn1c(-c2ccc(Cl)cc2)csc1=Nc1ccccc1C. The lowest BCUT2D eigenvalue weighted by Gasteiger charge is -2.07. The molecule has 0 aliphatic heterocycles. The summed E-state index contributed by atoms with van der Waals surface area (Å²) in [5.41, 5.74) is 4.41. The summed E-state index contributed by atoms with van der Waals surface area (Å²) in [6.07, 6.45) is 1.89. The molecule has 0 N–H and O–H groups in total. The summed E-state index contributed by atoms with van der Waals surface area (Å²) in [5, 5.41) is 2.87. The predicted molar refractivity (Wildman–Crippen MR) is 99.4 cm³/mol. The lowest BCUT2D eigenvalue weighted by Crippen LogP contribution is -2.14. The molecule has 0 saturated carbocycles. The first-order valence-electron chi connectivity index (χ1n) is 7.34. The number of nitrogens with zero attached hydrogens (tertiary/aromatic N) is 2. The minimum Gasteiger partial charge on any atom is -0.313 e. The van der Waals surface area contributed by atoms with Gasteiger partial charge in [-0.25, -0.2) is 4.99 Å². The maximum Gasteiger partial charge on any atom is 0.190 e. The Morgan fingerprint density at radius 3 is 2.61 bits per heavy atom. The maximum atomic E-state index is 5.99. The van der Waals surface area contributed by atoms with Gasteiger partial charge in [0.1, 0.15) is 0 Å². The monoisotopic (exact) mass is 340 g/mol. The van der Waals surface area contributed by atoms with Crippen LogP contribution in [0, 0.1) is 6.92 Å². The molecule has 0 amide bonds. The molecule has 1 aromatic heterocycles. The maximum absolute atomic E-state index is 5.99. The molecule has 23 heavy (non-hydrogen) atoms. The number of para-hydroxylation sites is 1. The van der Waals surface area contributed by atoms with Crippen molar-refractivity contribution in [1.29, 1.82) is 0 Å². The highest BCUT2D eigenvalue weighted by molar-refractivity contribution is 7.07. The zero-order valence-electron chi connectivity index (χ0n) is 12.9. The summed E-state index contributed by atoms with van der Waals surface area (Å²) in [7, 11) is 0. The molecule has 2 aromatic carbocycles. The van der Waals surface area contributed by atoms with E-state index in [1.807, 2.05) is 48.5 Å². The number of hydrogen-bond donors (Lipinski definition) is 0. The number of rotatable bonds is 4. The van der Waals surface area contributed by atoms with Gasteiger partial charge in [-0.3, -0.25) is 0 Å². The Morgan fingerprint density at radius 1 is 1.17 bits per heavy atom. The lowest BCUT2D eigenvalue weighted by atomic mass is 10.2. The van der Waals surface area contributed by atoms with Crippen LogP contribution in [0.4, 0.5) is 5.69 Å². The Morgan fingerprint density at radius 2 is 1.91 bits per heavy atom. The Balaban J connectivity index is 2.14. The van der Waals surface area contributed by atoms with Gasteiger partial charge >= 0.3 is 0 Å². The topological polar surface area (TPSA) is 17.3 Å². The van der Waals surface area contributed by atoms with E-state index >= 15 is 0 Å². The van der Waals surface area contributed by atoms with E-state index in [2.05, 4.69) is 29.5 Å². The van der Waals surface area contributed by atoms with Crippen molar-refractivity contribution in [2.75, 3.05) is 0 Å². The van der Waals surface area contributed by atoms with E-state index in [4.69, 9.17) is 16.6 Å². The third-order valence-corrected chi connectivity index (χ3v) is 4.70. The molecule has 0 radical (unpaired) electrons. The van der Waals surface area contributed by atoms with Crippen molar-refractivity contribution in [2.24, 2.45) is 4.99 Å². The second kappa shape index (κ2) is 6.99. The van der Waals surface area contributed by atoms with Crippen LogP contribution in [0.5, 0.6) is 0 Å². The number of thiazole rings is 1. The Bertz CT molecular complexity index is 888. The van der Waals surface area contributed by atoms with Crippen molar-refractivity contribution in [3.8, 4) is 11.3 Å². The Labute approximate surface area is 145 Å². The molecule has 2 nitrogen and oxygen atoms in total. The third kappa shape index (κ3) is 3.46. The van der Waals surface area contributed by atoms with Gasteiger partial charge in [0.25, 0.3) is 0 Å². The first-order valence-corrected chi connectivity index (χ1v) is 8.60. The molecule has 3 aromatic rings. The summed E-state index contributed by atoms with van der Waals surface area (Å²) >= 11 is 7.63. The van der Waals surface area contributed by atoms with Crippen LogP contribution in [-0.4, -0.2) is 4.57 Å². The number of aryl methyl sites for hydroxylation is 1. The van der Waals surface area contributed by atoms with Gasteiger partial charge in [0.15, 0.2) is 4.80 Å². The standard InChI is InChI=1S/C19H17ClN2S/c1-3-12-22-18(15-8-10-16(20)11-9-15)13-23-19(22)21-17-7-5-4-6-14(17)2/h3-11,13H,1,12H2,2H3. The molecule has 116 valence electrons. The highest BCUT2D eigenvalue weighted by Gasteiger charge is 2.07. The van der Waals surface area contributed by atoms with Crippen LogP contribution in [0.3, 0.4) is 0 Å². The van der Waals surface area contributed by atoms with Gasteiger partial charge in [0, 0.05) is 16.9 Å². The van der Waals surface area contributed by atoms with E-state index in [1.54, 1.807) is 11.3 Å². The molecule has 0 aliphatic rings. The zero-order valence-corrected chi connectivity index (χ0v) is 14.4. The second-order valence-electron chi connectivity index (χ2n) is 5.21. The van der Waals surface area contributed by atoms with Crippen molar-refractivity contribution in [2.45, 2.75) is 13.5 Å². The van der Waals surface area contributed by atoms with E-state index in [0.717, 1.165) is 26.8 Å². The van der Waals surface area contributed by atoms with E-state index in [9.17, 15) is 0 Å². The number of benzene rings is 2. The molecular formula is C19H17ClN2S. The molecule has 0 atom stereocenters. The molecule has 0 fully saturated rings. The third-order valence-electron chi connectivity index (χ3n) is 3.58. The van der Waals surface area contributed by atoms with Gasteiger partial charge in [-0.1, -0.05) is 48.0 Å². The fourth-order valence-electron chi connectivity index (χ4n) is 2.37. The van der Waals surface area contributed by atoms with Crippen LogP contribution in [0.2, 0.25) is 5.02 Å². The molecule has 0 bridgehead atoms. The van der Waals surface area contributed by atoms with Crippen LogP contribution in [0.15, 0.2) is 71.6 Å². The average molecular weight is 341 g/mol.